The normalized spacial score (nSPS) is 16.8. The smallest absolute Gasteiger partial charge is 0.246 e. The Hall–Kier alpha value is -1.59. The van der Waals surface area contributed by atoms with E-state index in [9.17, 15) is 9.90 Å². The molecular weight excluding hydrogens is 421 g/mol. The van der Waals surface area contributed by atoms with Crippen molar-refractivity contribution in [1.82, 2.24) is 5.32 Å². The van der Waals surface area contributed by atoms with Gasteiger partial charge in [0.15, 0.2) is 0 Å². The van der Waals surface area contributed by atoms with Gasteiger partial charge in [-0.1, -0.05) is 66.7 Å². The summed E-state index contributed by atoms with van der Waals surface area (Å²) in [7, 11) is 1.49. The van der Waals surface area contributed by atoms with E-state index >= 15 is 0 Å². The first-order chi connectivity index (χ1) is 14.5. The summed E-state index contributed by atoms with van der Waals surface area (Å²) >= 11 is 12.2. The molecule has 0 saturated heterocycles. The Morgan fingerprint density at radius 1 is 1.07 bits per heavy atom. The Balaban J connectivity index is 1.74. The molecule has 0 spiro atoms. The molecule has 0 aromatic heterocycles. The lowest BCUT2D eigenvalue weighted by atomic mass is 9.81. The highest BCUT2D eigenvalue weighted by Gasteiger charge is 2.30. The number of nitrogens with one attached hydrogen (secondary N) is 1. The highest BCUT2D eigenvalue weighted by molar-refractivity contribution is 6.35. The second kappa shape index (κ2) is 11.1. The van der Waals surface area contributed by atoms with Crippen LogP contribution in [0, 0.1) is 5.92 Å². The van der Waals surface area contributed by atoms with Crippen LogP contribution in [0.25, 0.3) is 11.1 Å². The number of hydrogen-bond donors (Lipinski definition) is 2. The van der Waals surface area contributed by atoms with Gasteiger partial charge in [0.05, 0.1) is 12.1 Å². The summed E-state index contributed by atoms with van der Waals surface area (Å²) in [6.45, 7) is -0.0116. The van der Waals surface area contributed by atoms with E-state index in [4.69, 9.17) is 27.9 Å². The lowest BCUT2D eigenvalue weighted by Gasteiger charge is -2.33. The van der Waals surface area contributed by atoms with Gasteiger partial charge in [-0.05, 0) is 60.1 Å². The average Bonchev–Trinajstić information content (AvgIpc) is 2.73. The number of ether oxygens (including phenoxy) is 1. The van der Waals surface area contributed by atoms with Crippen molar-refractivity contribution in [2.24, 2.45) is 5.92 Å². The largest absolute Gasteiger partial charge is 0.391 e. The number of rotatable bonds is 8. The van der Waals surface area contributed by atoms with Crippen LogP contribution in [0.2, 0.25) is 10.0 Å². The highest BCUT2D eigenvalue weighted by Crippen LogP contribution is 2.30. The number of benzene rings is 2. The van der Waals surface area contributed by atoms with E-state index < -0.39 is 6.10 Å². The van der Waals surface area contributed by atoms with Crippen molar-refractivity contribution in [2.75, 3.05) is 13.7 Å². The highest BCUT2D eigenvalue weighted by atomic mass is 35.5. The Kier molecular flexibility index (Phi) is 8.58. The fourth-order valence-corrected chi connectivity index (χ4v) is 4.77. The van der Waals surface area contributed by atoms with Crippen molar-refractivity contribution in [3.63, 3.8) is 0 Å². The van der Waals surface area contributed by atoms with Gasteiger partial charge >= 0.3 is 0 Å². The molecule has 162 valence electrons. The molecule has 2 aromatic carbocycles. The summed E-state index contributed by atoms with van der Waals surface area (Å²) in [5.41, 5.74) is 3.01. The van der Waals surface area contributed by atoms with E-state index in [2.05, 4.69) is 5.32 Å². The first-order valence-electron chi connectivity index (χ1n) is 10.5. The maximum atomic E-state index is 12.2. The lowest BCUT2D eigenvalue weighted by Crippen LogP contribution is -2.49. The van der Waals surface area contributed by atoms with Crippen LogP contribution in [0.1, 0.15) is 37.7 Å². The van der Waals surface area contributed by atoms with Crippen molar-refractivity contribution >= 4 is 29.1 Å². The van der Waals surface area contributed by atoms with Crippen LogP contribution < -0.4 is 5.32 Å². The van der Waals surface area contributed by atoms with E-state index in [-0.39, 0.29) is 24.5 Å². The van der Waals surface area contributed by atoms with Gasteiger partial charge in [-0.25, -0.2) is 0 Å². The summed E-state index contributed by atoms with van der Waals surface area (Å²) in [5, 5.41) is 15.2. The number of amides is 1. The zero-order valence-corrected chi connectivity index (χ0v) is 18.8. The fraction of sp³-hybridized carbons (Fsp3) is 0.458. The van der Waals surface area contributed by atoms with Gasteiger partial charge in [-0.3, -0.25) is 4.79 Å². The van der Waals surface area contributed by atoms with E-state index in [1.54, 1.807) is 6.07 Å². The number of halogens is 2. The van der Waals surface area contributed by atoms with Gasteiger partial charge < -0.3 is 15.2 Å². The topological polar surface area (TPSA) is 58.6 Å². The zero-order chi connectivity index (χ0) is 21.5. The van der Waals surface area contributed by atoms with Crippen molar-refractivity contribution in [3.05, 3.63) is 58.1 Å². The first-order valence-corrected chi connectivity index (χ1v) is 11.2. The molecule has 2 aromatic rings. The van der Waals surface area contributed by atoms with E-state index in [0.29, 0.717) is 16.5 Å². The third kappa shape index (κ3) is 6.45. The maximum absolute atomic E-state index is 12.2. The predicted octanol–water partition coefficient (Wildman–Crippen LogP) is 5.28. The molecule has 6 heteroatoms. The van der Waals surface area contributed by atoms with Crippen LogP contribution in [0.15, 0.2) is 42.5 Å². The summed E-state index contributed by atoms with van der Waals surface area (Å²) in [6, 6.07) is 13.2. The minimum absolute atomic E-state index is 0.0116. The molecule has 30 heavy (non-hydrogen) atoms. The Morgan fingerprint density at radius 2 is 1.70 bits per heavy atom. The molecule has 2 N–H and O–H groups in total. The molecule has 1 aliphatic rings. The summed E-state index contributed by atoms with van der Waals surface area (Å²) < 4.78 is 4.95. The van der Waals surface area contributed by atoms with Gasteiger partial charge in [0.1, 0.15) is 6.61 Å². The molecule has 0 heterocycles. The van der Waals surface area contributed by atoms with Crippen LogP contribution in [0.4, 0.5) is 0 Å². The van der Waals surface area contributed by atoms with Crippen LogP contribution in [0.5, 0.6) is 0 Å². The van der Waals surface area contributed by atoms with Gasteiger partial charge in [-0.15, -0.1) is 0 Å². The van der Waals surface area contributed by atoms with Crippen molar-refractivity contribution in [2.45, 2.75) is 50.7 Å². The van der Waals surface area contributed by atoms with E-state index in [0.717, 1.165) is 42.4 Å². The monoisotopic (exact) mass is 449 g/mol. The number of aliphatic hydroxyl groups is 1. The van der Waals surface area contributed by atoms with Crippen molar-refractivity contribution < 1.29 is 14.6 Å². The molecule has 1 saturated carbocycles. The average molecular weight is 450 g/mol. The third-order valence-corrected chi connectivity index (χ3v) is 6.21. The minimum Gasteiger partial charge on any atom is -0.391 e. The van der Waals surface area contributed by atoms with Gasteiger partial charge in [-0.2, -0.15) is 0 Å². The molecule has 0 radical (unpaired) electrons. The Labute approximate surface area is 188 Å². The second-order valence-corrected chi connectivity index (χ2v) is 8.93. The van der Waals surface area contributed by atoms with Gasteiger partial charge in [0.25, 0.3) is 0 Å². The summed E-state index contributed by atoms with van der Waals surface area (Å²) in [4.78, 5) is 12.2. The van der Waals surface area contributed by atoms with Crippen LogP contribution in [-0.4, -0.2) is 36.9 Å². The summed E-state index contributed by atoms with van der Waals surface area (Å²) in [5.74, 6) is 0.0158. The standard InChI is InChI=1S/C24H29Cl2NO3/c1-30-15-23(28)27-22(24(29)18-5-3-2-4-6-18)11-16-7-9-17(10-8-16)19-12-20(25)14-21(26)13-19/h7-10,12-14,18,22,24,29H,2-6,11,15H2,1H3,(H,27,28)/t22?,24-/m1/s1. The molecule has 1 unspecified atom stereocenters. The van der Waals surface area contributed by atoms with Crippen LogP contribution in [0.3, 0.4) is 0 Å². The van der Waals surface area contributed by atoms with Crippen molar-refractivity contribution in [3.8, 4) is 11.1 Å². The third-order valence-electron chi connectivity index (χ3n) is 5.77. The first kappa shape index (κ1) is 23.1. The van der Waals surface area contributed by atoms with Gasteiger partial charge in [0, 0.05) is 17.2 Å². The minimum atomic E-state index is -0.572. The molecule has 4 nitrogen and oxygen atoms in total. The number of hydrogen-bond acceptors (Lipinski definition) is 3. The summed E-state index contributed by atoms with van der Waals surface area (Å²) in [6.07, 6.45) is 5.49. The molecular formula is C24H29Cl2NO3. The zero-order valence-electron chi connectivity index (χ0n) is 17.2. The Bertz CT molecular complexity index is 815. The van der Waals surface area contributed by atoms with Crippen LogP contribution in [-0.2, 0) is 16.0 Å². The SMILES string of the molecule is COCC(=O)NC(Cc1ccc(-c2cc(Cl)cc(Cl)c2)cc1)[C@H](O)C1CCCCC1. The quantitative estimate of drug-likeness (QED) is 0.576. The molecule has 0 bridgehead atoms. The van der Waals surface area contributed by atoms with Gasteiger partial charge in [0.2, 0.25) is 5.91 Å². The number of aliphatic hydroxyl groups excluding tert-OH is 1. The number of carbonyl (C=O) groups excluding carboxylic acids is 1. The maximum Gasteiger partial charge on any atom is 0.246 e. The van der Waals surface area contributed by atoms with Crippen molar-refractivity contribution in [1.29, 1.82) is 0 Å². The fourth-order valence-electron chi connectivity index (χ4n) is 4.25. The van der Waals surface area contributed by atoms with E-state index in [1.165, 1.54) is 13.5 Å². The van der Waals surface area contributed by atoms with Crippen LogP contribution >= 0.6 is 23.2 Å². The molecule has 1 amide bonds. The Morgan fingerprint density at radius 3 is 2.30 bits per heavy atom. The second-order valence-electron chi connectivity index (χ2n) is 8.05. The predicted molar refractivity (Wildman–Crippen MR) is 122 cm³/mol. The van der Waals surface area contributed by atoms with E-state index in [1.807, 2.05) is 36.4 Å². The molecule has 1 aliphatic carbocycles. The number of methoxy groups -OCH3 is 1. The molecule has 2 atom stereocenters. The molecule has 3 rings (SSSR count). The molecule has 1 fully saturated rings. The number of carbonyl (C=O) groups is 1. The lowest BCUT2D eigenvalue weighted by molar-refractivity contribution is -0.126. The molecule has 0 aliphatic heterocycles.